The molecule has 0 aliphatic carbocycles. The molecule has 0 saturated heterocycles. The summed E-state index contributed by atoms with van der Waals surface area (Å²) in [7, 11) is 0. The number of benzene rings is 2. The summed E-state index contributed by atoms with van der Waals surface area (Å²) in [5, 5.41) is 12.7. The second kappa shape index (κ2) is 7.40. The lowest BCUT2D eigenvalue weighted by molar-refractivity contribution is 0.0686. The normalized spacial score (nSPS) is 15.5. The van der Waals surface area contributed by atoms with Crippen molar-refractivity contribution >= 4 is 11.8 Å². The van der Waals surface area contributed by atoms with Crippen LogP contribution in [0.3, 0.4) is 0 Å². The Kier molecular flexibility index (Phi) is 4.46. The average Bonchev–Trinajstić information content (AvgIpc) is 3.42. The van der Waals surface area contributed by atoms with Crippen LogP contribution in [0.5, 0.6) is 11.5 Å². The van der Waals surface area contributed by atoms with Gasteiger partial charge in [-0.05, 0) is 12.1 Å². The Bertz CT molecular complexity index is 1080. The van der Waals surface area contributed by atoms with Gasteiger partial charge in [0.1, 0.15) is 18.1 Å². The fourth-order valence-electron chi connectivity index (χ4n) is 2.81. The topological polar surface area (TPSA) is 83.4 Å². The molecule has 0 spiro atoms. The SMILES string of the molecule is c1ccc(-c2cc(CSc3nnc(C4COc5ccccc5O4)o3)on2)cc1. The first kappa shape index (κ1) is 16.9. The van der Waals surface area contributed by atoms with E-state index in [0.29, 0.717) is 35.0 Å². The van der Waals surface area contributed by atoms with Crippen molar-refractivity contribution in [1.82, 2.24) is 15.4 Å². The fourth-order valence-corrected chi connectivity index (χ4v) is 3.45. The predicted octanol–water partition coefficient (Wildman–Crippen LogP) is 4.53. The number of nitrogens with zero attached hydrogens (tertiary/aromatic N) is 3. The van der Waals surface area contributed by atoms with E-state index in [1.165, 1.54) is 11.8 Å². The Hall–Kier alpha value is -3.26. The molecule has 0 N–H and O–H groups in total. The van der Waals surface area contributed by atoms with Crippen molar-refractivity contribution in [2.75, 3.05) is 6.61 Å². The highest BCUT2D eigenvalue weighted by Gasteiger charge is 2.27. The van der Waals surface area contributed by atoms with Gasteiger partial charge in [-0.3, -0.25) is 0 Å². The van der Waals surface area contributed by atoms with E-state index >= 15 is 0 Å². The quantitative estimate of drug-likeness (QED) is 0.457. The first-order chi connectivity index (χ1) is 13.8. The van der Waals surface area contributed by atoms with Gasteiger partial charge in [0.15, 0.2) is 11.5 Å². The molecule has 0 radical (unpaired) electrons. The molecule has 7 nitrogen and oxygen atoms in total. The minimum absolute atomic E-state index is 0.325. The predicted molar refractivity (Wildman–Crippen MR) is 101 cm³/mol. The first-order valence-corrected chi connectivity index (χ1v) is 9.69. The summed E-state index contributed by atoms with van der Waals surface area (Å²) in [5.74, 6) is 3.04. The van der Waals surface area contributed by atoms with Crippen LogP contribution in [0.2, 0.25) is 0 Å². The summed E-state index contributed by atoms with van der Waals surface area (Å²) < 4.78 is 22.7. The molecule has 8 heteroatoms. The van der Waals surface area contributed by atoms with Gasteiger partial charge in [-0.25, -0.2) is 0 Å². The van der Waals surface area contributed by atoms with E-state index in [-0.39, 0.29) is 0 Å². The Labute approximate surface area is 164 Å². The van der Waals surface area contributed by atoms with Crippen LogP contribution < -0.4 is 9.47 Å². The second-order valence-corrected chi connectivity index (χ2v) is 7.03. The molecular weight excluding hydrogens is 378 g/mol. The van der Waals surface area contributed by atoms with Gasteiger partial charge in [0.05, 0.1) is 5.75 Å². The number of para-hydroxylation sites is 2. The van der Waals surface area contributed by atoms with Gasteiger partial charge in [-0.15, -0.1) is 10.2 Å². The van der Waals surface area contributed by atoms with E-state index in [1.807, 2.05) is 60.7 Å². The zero-order chi connectivity index (χ0) is 18.8. The molecule has 0 saturated carbocycles. The highest BCUT2D eigenvalue weighted by molar-refractivity contribution is 7.98. The van der Waals surface area contributed by atoms with E-state index in [4.69, 9.17) is 18.4 Å². The van der Waals surface area contributed by atoms with Gasteiger partial charge in [-0.1, -0.05) is 59.4 Å². The van der Waals surface area contributed by atoms with E-state index < -0.39 is 6.10 Å². The molecule has 28 heavy (non-hydrogen) atoms. The number of aromatic nitrogens is 3. The summed E-state index contributed by atoms with van der Waals surface area (Å²) in [6.45, 7) is 0.325. The van der Waals surface area contributed by atoms with Crippen molar-refractivity contribution in [3.05, 3.63) is 72.3 Å². The molecule has 1 atom stereocenters. The van der Waals surface area contributed by atoms with Crippen LogP contribution in [-0.2, 0) is 5.75 Å². The number of rotatable bonds is 5. The van der Waals surface area contributed by atoms with E-state index in [9.17, 15) is 0 Å². The van der Waals surface area contributed by atoms with E-state index in [2.05, 4.69) is 15.4 Å². The van der Waals surface area contributed by atoms with Gasteiger partial charge in [0, 0.05) is 11.6 Å². The van der Waals surface area contributed by atoms with Crippen molar-refractivity contribution < 1.29 is 18.4 Å². The second-order valence-electron chi connectivity index (χ2n) is 6.10. The van der Waals surface area contributed by atoms with Crippen molar-refractivity contribution in [3.63, 3.8) is 0 Å². The molecule has 3 heterocycles. The Morgan fingerprint density at radius 1 is 0.964 bits per heavy atom. The van der Waals surface area contributed by atoms with Crippen LogP contribution in [0.1, 0.15) is 17.8 Å². The molecule has 140 valence electrons. The first-order valence-electron chi connectivity index (χ1n) is 8.71. The summed E-state index contributed by atoms with van der Waals surface area (Å²) in [6.07, 6.45) is -0.424. The number of thioether (sulfide) groups is 1. The molecule has 0 fully saturated rings. The smallest absolute Gasteiger partial charge is 0.277 e. The molecule has 1 unspecified atom stereocenters. The van der Waals surface area contributed by atoms with Crippen LogP contribution in [-0.4, -0.2) is 22.0 Å². The minimum Gasteiger partial charge on any atom is -0.485 e. The highest BCUT2D eigenvalue weighted by atomic mass is 32.2. The van der Waals surface area contributed by atoms with Crippen LogP contribution >= 0.6 is 11.8 Å². The lowest BCUT2D eigenvalue weighted by Crippen LogP contribution is -2.21. The lowest BCUT2D eigenvalue weighted by Gasteiger charge is -2.23. The molecule has 4 aromatic rings. The Balaban J connectivity index is 1.23. The van der Waals surface area contributed by atoms with E-state index in [1.54, 1.807) is 0 Å². The monoisotopic (exact) mass is 393 g/mol. The minimum atomic E-state index is -0.424. The van der Waals surface area contributed by atoms with Crippen LogP contribution in [0, 0.1) is 0 Å². The molecule has 0 bridgehead atoms. The van der Waals surface area contributed by atoms with Gasteiger partial charge in [0.2, 0.25) is 6.10 Å². The Morgan fingerprint density at radius 2 is 1.79 bits per heavy atom. The summed E-state index contributed by atoms with van der Waals surface area (Å²) in [5.41, 5.74) is 1.81. The van der Waals surface area contributed by atoms with Gasteiger partial charge in [-0.2, -0.15) is 0 Å². The molecule has 5 rings (SSSR count). The zero-order valence-corrected chi connectivity index (χ0v) is 15.5. The van der Waals surface area contributed by atoms with Crippen LogP contribution in [0.15, 0.2) is 74.8 Å². The van der Waals surface area contributed by atoms with Crippen LogP contribution in [0.25, 0.3) is 11.3 Å². The van der Waals surface area contributed by atoms with Gasteiger partial charge < -0.3 is 18.4 Å². The van der Waals surface area contributed by atoms with Crippen molar-refractivity contribution in [2.24, 2.45) is 0 Å². The molecule has 2 aromatic carbocycles. The fraction of sp³-hybridized carbons (Fsp3) is 0.150. The number of hydrogen-bond donors (Lipinski definition) is 0. The lowest BCUT2D eigenvalue weighted by atomic mass is 10.1. The summed E-state index contributed by atoms with van der Waals surface area (Å²) in [6, 6.07) is 19.3. The van der Waals surface area contributed by atoms with Crippen molar-refractivity contribution in [2.45, 2.75) is 17.1 Å². The highest BCUT2D eigenvalue weighted by Crippen LogP contribution is 2.36. The third-order valence-corrected chi connectivity index (χ3v) is 5.01. The van der Waals surface area contributed by atoms with Crippen molar-refractivity contribution in [3.8, 4) is 22.8 Å². The van der Waals surface area contributed by atoms with Crippen LogP contribution in [0.4, 0.5) is 0 Å². The maximum absolute atomic E-state index is 5.89. The zero-order valence-electron chi connectivity index (χ0n) is 14.6. The molecular formula is C20H15N3O4S. The maximum atomic E-state index is 5.89. The molecule has 2 aromatic heterocycles. The number of ether oxygens (including phenoxy) is 2. The standard InChI is InChI=1S/C20H15N3O4S/c1-2-6-13(7-3-1)15-10-14(27-23-15)12-28-20-22-21-19(26-20)18-11-24-16-8-4-5-9-17(16)25-18/h1-10,18H,11-12H2. The Morgan fingerprint density at radius 3 is 2.68 bits per heavy atom. The summed E-state index contributed by atoms with van der Waals surface area (Å²) in [4.78, 5) is 0. The number of hydrogen-bond acceptors (Lipinski definition) is 8. The average molecular weight is 393 g/mol. The van der Waals surface area contributed by atoms with Crippen molar-refractivity contribution in [1.29, 1.82) is 0 Å². The molecule has 1 aliphatic heterocycles. The summed E-state index contributed by atoms with van der Waals surface area (Å²) >= 11 is 1.38. The van der Waals surface area contributed by atoms with Gasteiger partial charge >= 0.3 is 0 Å². The third kappa shape index (κ3) is 3.46. The largest absolute Gasteiger partial charge is 0.485 e. The molecule has 0 amide bonds. The third-order valence-electron chi connectivity index (χ3n) is 4.17. The van der Waals surface area contributed by atoms with E-state index in [0.717, 1.165) is 17.0 Å². The number of fused-ring (bicyclic) bond motifs is 1. The molecule has 1 aliphatic rings. The van der Waals surface area contributed by atoms with Gasteiger partial charge in [0.25, 0.3) is 11.1 Å². The maximum Gasteiger partial charge on any atom is 0.277 e.